The lowest BCUT2D eigenvalue weighted by Crippen LogP contribution is -2.45. The highest BCUT2D eigenvalue weighted by atomic mass is 16.3. The molecule has 1 atom stereocenters. The van der Waals surface area contributed by atoms with Crippen LogP contribution in [0.1, 0.15) is 30.1 Å². The number of anilines is 1. The zero-order valence-electron chi connectivity index (χ0n) is 16.7. The van der Waals surface area contributed by atoms with Gasteiger partial charge in [0.05, 0.1) is 6.10 Å². The van der Waals surface area contributed by atoms with Crippen LogP contribution in [0.25, 0.3) is 0 Å². The van der Waals surface area contributed by atoms with Crippen LogP contribution in [0.5, 0.6) is 0 Å². The minimum atomic E-state index is -0.360. The van der Waals surface area contributed by atoms with Gasteiger partial charge in [0.25, 0.3) is 0 Å². The molecule has 1 N–H and O–H groups in total. The van der Waals surface area contributed by atoms with Crippen molar-refractivity contribution in [2.45, 2.75) is 25.5 Å². The molecular weight excluding hydrogens is 334 g/mol. The van der Waals surface area contributed by atoms with E-state index in [1.54, 1.807) is 0 Å². The first-order valence-electron chi connectivity index (χ1n) is 10.1. The Kier molecular flexibility index (Phi) is 7.27. The van der Waals surface area contributed by atoms with Crippen molar-refractivity contribution in [1.82, 2.24) is 9.80 Å². The Morgan fingerprint density at radius 1 is 0.926 bits per heavy atom. The minimum Gasteiger partial charge on any atom is -0.388 e. The van der Waals surface area contributed by atoms with Crippen molar-refractivity contribution in [2.24, 2.45) is 0 Å². The molecule has 2 aromatic carbocycles. The summed E-state index contributed by atoms with van der Waals surface area (Å²) < 4.78 is 0. The standard InChI is InChI=1S/C23H33N3O/c1-24(2)14-6-9-23(27)21-10-12-22(13-11-21)26-17-15-25(16-18-26)19-20-7-4-3-5-8-20/h3-5,7-8,10-13,23,27H,6,9,14-19H2,1-2H3. The molecule has 0 saturated carbocycles. The fourth-order valence-corrected chi connectivity index (χ4v) is 3.68. The molecule has 0 amide bonds. The van der Waals surface area contributed by atoms with Crippen LogP contribution in [0.3, 0.4) is 0 Å². The van der Waals surface area contributed by atoms with E-state index in [4.69, 9.17) is 0 Å². The molecular formula is C23H33N3O. The average molecular weight is 368 g/mol. The van der Waals surface area contributed by atoms with Crippen molar-refractivity contribution in [3.05, 3.63) is 65.7 Å². The van der Waals surface area contributed by atoms with Gasteiger partial charge in [-0.1, -0.05) is 42.5 Å². The number of aliphatic hydroxyl groups is 1. The van der Waals surface area contributed by atoms with E-state index in [1.165, 1.54) is 11.3 Å². The van der Waals surface area contributed by atoms with Gasteiger partial charge in [0.1, 0.15) is 0 Å². The quantitative estimate of drug-likeness (QED) is 0.775. The van der Waals surface area contributed by atoms with E-state index < -0.39 is 0 Å². The Morgan fingerprint density at radius 2 is 1.59 bits per heavy atom. The van der Waals surface area contributed by atoms with Crippen LogP contribution >= 0.6 is 0 Å². The van der Waals surface area contributed by atoms with E-state index in [0.717, 1.165) is 57.7 Å². The largest absolute Gasteiger partial charge is 0.388 e. The smallest absolute Gasteiger partial charge is 0.0790 e. The summed E-state index contributed by atoms with van der Waals surface area (Å²) in [6.07, 6.45) is 1.47. The number of benzene rings is 2. The van der Waals surface area contributed by atoms with Crippen LogP contribution in [-0.2, 0) is 6.54 Å². The molecule has 1 saturated heterocycles. The van der Waals surface area contributed by atoms with Gasteiger partial charge in [0, 0.05) is 38.4 Å². The maximum Gasteiger partial charge on any atom is 0.0790 e. The number of aliphatic hydroxyl groups excluding tert-OH is 1. The van der Waals surface area contributed by atoms with E-state index >= 15 is 0 Å². The number of piperazine rings is 1. The van der Waals surface area contributed by atoms with Crippen molar-refractivity contribution in [3.63, 3.8) is 0 Å². The normalized spacial score (nSPS) is 16.7. The fourth-order valence-electron chi connectivity index (χ4n) is 3.68. The van der Waals surface area contributed by atoms with Crippen molar-refractivity contribution >= 4 is 5.69 Å². The zero-order valence-corrected chi connectivity index (χ0v) is 16.7. The van der Waals surface area contributed by atoms with Crippen molar-refractivity contribution in [1.29, 1.82) is 0 Å². The lowest BCUT2D eigenvalue weighted by Gasteiger charge is -2.36. The molecule has 146 valence electrons. The van der Waals surface area contributed by atoms with Gasteiger partial charge >= 0.3 is 0 Å². The van der Waals surface area contributed by atoms with Gasteiger partial charge in [-0.3, -0.25) is 4.90 Å². The second kappa shape index (κ2) is 9.88. The van der Waals surface area contributed by atoms with Gasteiger partial charge in [-0.25, -0.2) is 0 Å². The molecule has 0 aliphatic carbocycles. The Bertz CT molecular complexity index is 664. The molecule has 1 unspecified atom stereocenters. The maximum absolute atomic E-state index is 10.4. The first kappa shape index (κ1) is 19.9. The topological polar surface area (TPSA) is 30.0 Å². The summed E-state index contributed by atoms with van der Waals surface area (Å²) in [6.45, 7) is 6.33. The second-order valence-corrected chi connectivity index (χ2v) is 7.80. The maximum atomic E-state index is 10.4. The van der Waals surface area contributed by atoms with Crippen LogP contribution in [0, 0.1) is 0 Å². The van der Waals surface area contributed by atoms with E-state index in [1.807, 2.05) is 0 Å². The molecule has 1 fully saturated rings. The fraction of sp³-hybridized carbons (Fsp3) is 0.478. The third-order valence-corrected chi connectivity index (χ3v) is 5.35. The minimum absolute atomic E-state index is 0.360. The summed E-state index contributed by atoms with van der Waals surface area (Å²) >= 11 is 0. The predicted molar refractivity (Wildman–Crippen MR) is 113 cm³/mol. The number of hydrogen-bond acceptors (Lipinski definition) is 4. The first-order chi connectivity index (χ1) is 13.1. The van der Waals surface area contributed by atoms with Gasteiger partial charge in [-0.05, 0) is 56.7 Å². The van der Waals surface area contributed by atoms with E-state index in [9.17, 15) is 5.11 Å². The van der Waals surface area contributed by atoms with Crippen LogP contribution in [0.4, 0.5) is 5.69 Å². The highest BCUT2D eigenvalue weighted by molar-refractivity contribution is 5.48. The number of rotatable bonds is 8. The molecule has 0 spiro atoms. The summed E-state index contributed by atoms with van der Waals surface area (Å²) in [4.78, 5) is 7.13. The van der Waals surface area contributed by atoms with E-state index in [0.29, 0.717) is 0 Å². The second-order valence-electron chi connectivity index (χ2n) is 7.80. The molecule has 1 heterocycles. The van der Waals surface area contributed by atoms with Crippen molar-refractivity contribution in [2.75, 3.05) is 51.7 Å². The molecule has 1 aliphatic heterocycles. The SMILES string of the molecule is CN(C)CCCC(O)c1ccc(N2CCN(Cc3ccccc3)CC2)cc1. The molecule has 0 aromatic heterocycles. The van der Waals surface area contributed by atoms with Gasteiger partial charge in [-0.2, -0.15) is 0 Å². The lowest BCUT2D eigenvalue weighted by atomic mass is 10.0. The monoisotopic (exact) mass is 367 g/mol. The highest BCUT2D eigenvalue weighted by Gasteiger charge is 2.17. The summed E-state index contributed by atoms with van der Waals surface area (Å²) in [5, 5.41) is 10.4. The van der Waals surface area contributed by atoms with Gasteiger partial charge in [-0.15, -0.1) is 0 Å². The van der Waals surface area contributed by atoms with Gasteiger partial charge in [0.2, 0.25) is 0 Å². The molecule has 4 heteroatoms. The van der Waals surface area contributed by atoms with Gasteiger partial charge < -0.3 is 14.9 Å². The van der Waals surface area contributed by atoms with Crippen LogP contribution < -0.4 is 4.90 Å². The van der Waals surface area contributed by atoms with E-state index in [2.05, 4.69) is 83.4 Å². The first-order valence-corrected chi connectivity index (χ1v) is 10.1. The van der Waals surface area contributed by atoms with Crippen LogP contribution in [0.15, 0.2) is 54.6 Å². The number of nitrogens with zero attached hydrogens (tertiary/aromatic N) is 3. The highest BCUT2D eigenvalue weighted by Crippen LogP contribution is 2.23. The summed E-state index contributed by atoms with van der Waals surface area (Å²) in [5.41, 5.74) is 3.68. The third-order valence-electron chi connectivity index (χ3n) is 5.35. The third kappa shape index (κ3) is 6.06. The molecule has 27 heavy (non-hydrogen) atoms. The Labute approximate surface area is 164 Å². The molecule has 0 radical (unpaired) electrons. The Balaban J connectivity index is 1.47. The van der Waals surface area contributed by atoms with Crippen LogP contribution in [0.2, 0.25) is 0 Å². The lowest BCUT2D eigenvalue weighted by molar-refractivity contribution is 0.160. The van der Waals surface area contributed by atoms with Crippen LogP contribution in [-0.4, -0.2) is 61.7 Å². The Hall–Kier alpha value is -1.88. The summed E-state index contributed by atoms with van der Waals surface area (Å²) in [5.74, 6) is 0. The summed E-state index contributed by atoms with van der Waals surface area (Å²) in [7, 11) is 4.14. The summed E-state index contributed by atoms with van der Waals surface area (Å²) in [6, 6.07) is 19.2. The molecule has 4 nitrogen and oxygen atoms in total. The van der Waals surface area contributed by atoms with Gasteiger partial charge in [0.15, 0.2) is 0 Å². The molecule has 2 aromatic rings. The molecule has 1 aliphatic rings. The average Bonchev–Trinajstić information content (AvgIpc) is 2.69. The molecule has 0 bridgehead atoms. The number of hydrogen-bond donors (Lipinski definition) is 1. The van der Waals surface area contributed by atoms with Crippen molar-refractivity contribution < 1.29 is 5.11 Å². The zero-order chi connectivity index (χ0) is 19.1. The predicted octanol–water partition coefficient (Wildman–Crippen LogP) is 3.38. The van der Waals surface area contributed by atoms with Crippen molar-refractivity contribution in [3.8, 4) is 0 Å². The molecule has 3 rings (SSSR count). The Morgan fingerprint density at radius 3 is 2.22 bits per heavy atom. The van der Waals surface area contributed by atoms with E-state index in [-0.39, 0.29) is 6.10 Å².